The molecule has 6 nitrogen and oxygen atoms in total. The number of aliphatic carboxylic acids is 2. The van der Waals surface area contributed by atoms with E-state index in [0.717, 1.165) is 12.8 Å². The van der Waals surface area contributed by atoms with Gasteiger partial charge in [-0.05, 0) is 30.4 Å². The van der Waals surface area contributed by atoms with E-state index in [4.69, 9.17) is 10.2 Å². The molecule has 1 saturated carbocycles. The Morgan fingerprint density at radius 2 is 1.84 bits per heavy atom. The van der Waals surface area contributed by atoms with Gasteiger partial charge in [0.25, 0.3) is 0 Å². The van der Waals surface area contributed by atoms with Crippen molar-refractivity contribution in [2.75, 3.05) is 18.1 Å². The first-order valence-electron chi connectivity index (χ1n) is 6.22. The van der Waals surface area contributed by atoms with Crippen molar-refractivity contribution in [3.05, 3.63) is 0 Å². The first-order valence-corrected chi connectivity index (χ1v) is 7.37. The van der Waals surface area contributed by atoms with E-state index in [1.54, 1.807) is 0 Å². The van der Waals surface area contributed by atoms with Crippen molar-refractivity contribution in [2.45, 2.75) is 32.1 Å². The van der Waals surface area contributed by atoms with Crippen LogP contribution in [0.2, 0.25) is 0 Å². The quantitative estimate of drug-likeness (QED) is 0.517. The minimum absolute atomic E-state index is 0.0507. The smallest absolute Gasteiger partial charge is 0.303 e. The molecule has 0 aliphatic heterocycles. The molecular weight excluding hydrogens is 270 g/mol. The van der Waals surface area contributed by atoms with Crippen molar-refractivity contribution in [3.8, 4) is 0 Å². The van der Waals surface area contributed by atoms with E-state index in [0.29, 0.717) is 24.5 Å². The van der Waals surface area contributed by atoms with Gasteiger partial charge in [-0.15, -0.1) is 0 Å². The fourth-order valence-corrected chi connectivity index (χ4v) is 2.96. The highest BCUT2D eigenvalue weighted by Gasteiger charge is 2.44. The number of hydrogen-bond acceptors (Lipinski definition) is 4. The second-order valence-electron chi connectivity index (χ2n) is 4.91. The lowest BCUT2D eigenvalue weighted by Gasteiger charge is -2.11. The molecular formula is C12H19NO5S. The summed E-state index contributed by atoms with van der Waals surface area (Å²) in [4.78, 5) is 32.3. The Morgan fingerprint density at radius 3 is 2.37 bits per heavy atom. The maximum absolute atomic E-state index is 11.4. The third kappa shape index (κ3) is 7.05. The Bertz CT molecular complexity index is 354. The van der Waals surface area contributed by atoms with E-state index in [1.807, 2.05) is 0 Å². The summed E-state index contributed by atoms with van der Waals surface area (Å²) < 4.78 is 0. The number of carboxylic acid groups (broad SMARTS) is 2. The van der Waals surface area contributed by atoms with Crippen LogP contribution in [-0.2, 0) is 14.4 Å². The first-order chi connectivity index (χ1) is 8.93. The van der Waals surface area contributed by atoms with Gasteiger partial charge < -0.3 is 15.5 Å². The molecule has 1 aliphatic carbocycles. The lowest BCUT2D eigenvalue weighted by Crippen LogP contribution is -2.27. The van der Waals surface area contributed by atoms with Crippen LogP contribution in [0.15, 0.2) is 0 Å². The van der Waals surface area contributed by atoms with Crippen molar-refractivity contribution >= 4 is 29.6 Å². The summed E-state index contributed by atoms with van der Waals surface area (Å²) in [7, 11) is 0. The largest absolute Gasteiger partial charge is 0.481 e. The normalized spacial score (nSPS) is 15.8. The summed E-state index contributed by atoms with van der Waals surface area (Å²) >= 11 is 1.45. The molecule has 0 radical (unpaired) electrons. The highest BCUT2D eigenvalue weighted by atomic mass is 32.2. The minimum atomic E-state index is -0.868. The maximum atomic E-state index is 11.4. The predicted molar refractivity (Wildman–Crippen MR) is 71.1 cm³/mol. The van der Waals surface area contributed by atoms with Gasteiger partial charge in [0.1, 0.15) is 0 Å². The molecule has 0 atom stereocenters. The molecule has 3 N–H and O–H groups in total. The number of carbonyl (C=O) groups is 3. The van der Waals surface area contributed by atoms with Gasteiger partial charge in [0.15, 0.2) is 0 Å². The van der Waals surface area contributed by atoms with Gasteiger partial charge in [0.05, 0.1) is 12.2 Å². The monoisotopic (exact) mass is 289 g/mol. The number of carboxylic acids is 2. The molecule has 108 valence electrons. The van der Waals surface area contributed by atoms with E-state index in [-0.39, 0.29) is 24.2 Å². The molecule has 0 aromatic heterocycles. The highest BCUT2D eigenvalue weighted by Crippen LogP contribution is 2.50. The average Bonchev–Trinajstić information content (AvgIpc) is 3.03. The van der Waals surface area contributed by atoms with Crippen LogP contribution >= 0.6 is 11.8 Å². The van der Waals surface area contributed by atoms with E-state index < -0.39 is 11.9 Å². The SMILES string of the molecule is O=C(O)CCCNC(=O)CSCC1(CC(=O)O)CC1. The first kappa shape index (κ1) is 15.8. The van der Waals surface area contributed by atoms with E-state index >= 15 is 0 Å². The molecule has 1 rings (SSSR count). The van der Waals surface area contributed by atoms with E-state index in [9.17, 15) is 14.4 Å². The number of amides is 1. The zero-order valence-corrected chi connectivity index (χ0v) is 11.5. The predicted octanol–water partition coefficient (Wildman–Crippen LogP) is 0.955. The topological polar surface area (TPSA) is 104 Å². The molecule has 1 aliphatic rings. The van der Waals surface area contributed by atoms with Gasteiger partial charge in [-0.3, -0.25) is 14.4 Å². The molecule has 0 bridgehead atoms. The van der Waals surface area contributed by atoms with Gasteiger partial charge in [-0.2, -0.15) is 11.8 Å². The molecule has 1 fully saturated rings. The number of rotatable bonds is 10. The Labute approximate surface area is 115 Å². The van der Waals surface area contributed by atoms with Crippen LogP contribution in [0.1, 0.15) is 32.1 Å². The van der Waals surface area contributed by atoms with Crippen LogP contribution in [-0.4, -0.2) is 46.1 Å². The minimum Gasteiger partial charge on any atom is -0.481 e. The Kier molecular flexibility index (Phi) is 6.14. The summed E-state index contributed by atoms with van der Waals surface area (Å²) in [6, 6.07) is 0. The number of thioether (sulfide) groups is 1. The van der Waals surface area contributed by atoms with Crippen LogP contribution < -0.4 is 5.32 Å². The zero-order chi connectivity index (χ0) is 14.3. The van der Waals surface area contributed by atoms with Crippen LogP contribution in [0.25, 0.3) is 0 Å². The Morgan fingerprint density at radius 1 is 1.16 bits per heavy atom. The molecule has 0 spiro atoms. The average molecular weight is 289 g/mol. The van der Waals surface area contributed by atoms with Crippen LogP contribution in [0.3, 0.4) is 0 Å². The van der Waals surface area contributed by atoms with Gasteiger partial charge >= 0.3 is 11.9 Å². The summed E-state index contributed by atoms with van der Waals surface area (Å²) in [5.41, 5.74) is -0.0971. The molecule has 0 aromatic rings. The summed E-state index contributed by atoms with van der Waals surface area (Å²) in [6.07, 6.45) is 2.50. The second-order valence-corrected chi connectivity index (χ2v) is 5.90. The Hall–Kier alpha value is -1.24. The summed E-state index contributed by atoms with van der Waals surface area (Å²) in [5.74, 6) is -0.776. The molecule has 7 heteroatoms. The van der Waals surface area contributed by atoms with Crippen LogP contribution in [0.5, 0.6) is 0 Å². The zero-order valence-electron chi connectivity index (χ0n) is 10.7. The van der Waals surface area contributed by atoms with Gasteiger partial charge in [-0.1, -0.05) is 0 Å². The number of nitrogens with one attached hydrogen (secondary N) is 1. The number of carbonyl (C=O) groups excluding carboxylic acids is 1. The van der Waals surface area contributed by atoms with Gasteiger partial charge in [0.2, 0.25) is 5.91 Å². The highest BCUT2D eigenvalue weighted by molar-refractivity contribution is 7.99. The van der Waals surface area contributed by atoms with Crippen molar-refractivity contribution in [2.24, 2.45) is 5.41 Å². The fourth-order valence-electron chi connectivity index (χ4n) is 1.75. The van der Waals surface area contributed by atoms with Crippen molar-refractivity contribution in [3.63, 3.8) is 0 Å². The van der Waals surface area contributed by atoms with Crippen LogP contribution in [0, 0.1) is 5.41 Å². The summed E-state index contributed by atoms with van der Waals surface area (Å²) in [6.45, 7) is 0.367. The molecule has 0 unspecified atom stereocenters. The van der Waals surface area contributed by atoms with Gasteiger partial charge in [-0.25, -0.2) is 0 Å². The lowest BCUT2D eigenvalue weighted by molar-refractivity contribution is -0.138. The van der Waals surface area contributed by atoms with Crippen molar-refractivity contribution in [1.29, 1.82) is 0 Å². The van der Waals surface area contributed by atoms with Crippen LogP contribution in [0.4, 0.5) is 0 Å². The van der Waals surface area contributed by atoms with E-state index in [1.165, 1.54) is 11.8 Å². The van der Waals surface area contributed by atoms with Crippen molar-refractivity contribution < 1.29 is 24.6 Å². The van der Waals surface area contributed by atoms with Gasteiger partial charge in [0, 0.05) is 13.0 Å². The standard InChI is InChI=1S/C12H19NO5S/c14-9(13-5-1-2-10(15)16)7-19-8-12(3-4-12)6-11(17)18/h1-8H2,(H,13,14)(H,15,16)(H,17,18). The fraction of sp³-hybridized carbons (Fsp3) is 0.750. The molecule has 0 saturated heterocycles. The molecule has 0 heterocycles. The molecule has 0 aromatic carbocycles. The Balaban J connectivity index is 2.04. The van der Waals surface area contributed by atoms with Crippen molar-refractivity contribution in [1.82, 2.24) is 5.32 Å². The third-order valence-electron chi connectivity index (χ3n) is 3.01. The lowest BCUT2D eigenvalue weighted by atomic mass is 10.1. The molecule has 19 heavy (non-hydrogen) atoms. The summed E-state index contributed by atoms with van der Waals surface area (Å²) in [5, 5.41) is 19.8. The third-order valence-corrected chi connectivity index (χ3v) is 4.30. The second kappa shape index (κ2) is 7.37. The maximum Gasteiger partial charge on any atom is 0.303 e. The van der Waals surface area contributed by atoms with E-state index in [2.05, 4.69) is 5.32 Å². The number of hydrogen-bond donors (Lipinski definition) is 3. The molecule has 1 amide bonds.